The highest BCUT2D eigenvalue weighted by Crippen LogP contribution is 2.16. The molecule has 1 amide bonds. The van der Waals surface area contributed by atoms with E-state index in [2.05, 4.69) is 20.0 Å². The van der Waals surface area contributed by atoms with Crippen molar-refractivity contribution < 1.29 is 19.0 Å². The first-order chi connectivity index (χ1) is 7.19. The van der Waals surface area contributed by atoms with Crippen molar-refractivity contribution in [2.75, 3.05) is 26.6 Å². The lowest BCUT2D eigenvalue weighted by molar-refractivity contribution is 0.187. The van der Waals surface area contributed by atoms with Gasteiger partial charge in [-0.2, -0.15) is 9.97 Å². The Labute approximate surface area is 86.4 Å². The summed E-state index contributed by atoms with van der Waals surface area (Å²) in [7, 11) is 4.12. The number of carbonyl (C=O) groups is 1. The van der Waals surface area contributed by atoms with E-state index in [1.165, 1.54) is 27.4 Å². The lowest BCUT2D eigenvalue weighted by Crippen LogP contribution is -2.12. The Hall–Kier alpha value is -2.05. The zero-order chi connectivity index (χ0) is 11.3. The third kappa shape index (κ3) is 2.97. The number of rotatable bonds is 3. The Balaban J connectivity index is 2.91. The van der Waals surface area contributed by atoms with E-state index in [1.807, 2.05) is 0 Å². The van der Waals surface area contributed by atoms with Crippen LogP contribution in [0.3, 0.4) is 0 Å². The van der Waals surface area contributed by atoms with E-state index in [0.717, 1.165) is 0 Å². The fourth-order valence-corrected chi connectivity index (χ4v) is 0.819. The highest BCUT2D eigenvalue weighted by Gasteiger charge is 2.07. The maximum atomic E-state index is 10.9. The minimum Gasteiger partial charge on any atom is -0.481 e. The van der Waals surface area contributed by atoms with Crippen molar-refractivity contribution >= 4 is 11.9 Å². The van der Waals surface area contributed by atoms with Gasteiger partial charge in [0.2, 0.25) is 5.88 Å². The predicted octanol–water partition coefficient (Wildman–Crippen LogP) is 0.672. The molecule has 1 aromatic rings. The molecule has 1 aromatic heterocycles. The van der Waals surface area contributed by atoms with Gasteiger partial charge in [-0.15, -0.1) is 0 Å². The molecule has 1 heterocycles. The predicted molar refractivity (Wildman–Crippen MR) is 51.2 cm³/mol. The molecular formula is C8H11N3O4. The highest BCUT2D eigenvalue weighted by molar-refractivity contribution is 5.83. The summed E-state index contributed by atoms with van der Waals surface area (Å²) in [5.74, 6) is 0.527. The standard InChI is InChI=1S/C8H11N3O4/c1-13-6-4-5(10-8(12)15-3)9-7(11-6)14-2/h4H,1-3H3,(H,9,10,11,12). The van der Waals surface area contributed by atoms with Gasteiger partial charge in [0.1, 0.15) is 5.82 Å². The van der Waals surface area contributed by atoms with E-state index in [9.17, 15) is 4.79 Å². The molecule has 0 aromatic carbocycles. The molecule has 7 heteroatoms. The summed E-state index contributed by atoms with van der Waals surface area (Å²) in [4.78, 5) is 18.6. The number of nitrogens with one attached hydrogen (secondary N) is 1. The summed E-state index contributed by atoms with van der Waals surface area (Å²) in [6, 6.07) is 1.54. The highest BCUT2D eigenvalue weighted by atomic mass is 16.5. The minimum atomic E-state index is -0.627. The number of amides is 1. The van der Waals surface area contributed by atoms with Crippen molar-refractivity contribution in [3.05, 3.63) is 6.07 Å². The summed E-state index contributed by atoms with van der Waals surface area (Å²) in [5.41, 5.74) is 0. The average molecular weight is 213 g/mol. The smallest absolute Gasteiger partial charge is 0.412 e. The second-order valence-electron chi connectivity index (χ2n) is 2.40. The van der Waals surface area contributed by atoms with E-state index in [1.54, 1.807) is 0 Å². The molecule has 0 aliphatic heterocycles. The van der Waals surface area contributed by atoms with Crippen molar-refractivity contribution in [2.24, 2.45) is 0 Å². The first kappa shape index (κ1) is 11.0. The number of carbonyl (C=O) groups excluding carboxylic acids is 1. The molecule has 0 bridgehead atoms. The van der Waals surface area contributed by atoms with Crippen molar-refractivity contribution in [1.82, 2.24) is 9.97 Å². The van der Waals surface area contributed by atoms with Crippen LogP contribution in [-0.2, 0) is 4.74 Å². The zero-order valence-corrected chi connectivity index (χ0v) is 8.60. The van der Waals surface area contributed by atoms with Crippen LogP contribution in [0.4, 0.5) is 10.6 Å². The van der Waals surface area contributed by atoms with Crippen LogP contribution in [-0.4, -0.2) is 37.4 Å². The van der Waals surface area contributed by atoms with E-state index in [4.69, 9.17) is 9.47 Å². The lowest BCUT2D eigenvalue weighted by Gasteiger charge is -2.06. The second kappa shape index (κ2) is 4.99. The van der Waals surface area contributed by atoms with Gasteiger partial charge in [0.05, 0.1) is 21.3 Å². The Morgan fingerprint density at radius 2 is 2.00 bits per heavy atom. The van der Waals surface area contributed by atoms with Crippen molar-refractivity contribution in [3.8, 4) is 11.9 Å². The summed E-state index contributed by atoms with van der Waals surface area (Å²) in [6.07, 6.45) is -0.627. The van der Waals surface area contributed by atoms with Gasteiger partial charge in [0.25, 0.3) is 0 Å². The van der Waals surface area contributed by atoms with E-state index < -0.39 is 6.09 Å². The monoisotopic (exact) mass is 213 g/mol. The number of hydrogen-bond donors (Lipinski definition) is 1. The Morgan fingerprint density at radius 1 is 1.27 bits per heavy atom. The number of hydrogen-bond acceptors (Lipinski definition) is 6. The largest absolute Gasteiger partial charge is 0.481 e. The summed E-state index contributed by atoms with van der Waals surface area (Å²) < 4.78 is 14.1. The molecule has 0 spiro atoms. The molecule has 0 aliphatic rings. The van der Waals surface area contributed by atoms with Crippen LogP contribution in [0, 0.1) is 0 Å². The first-order valence-corrected chi connectivity index (χ1v) is 4.01. The zero-order valence-electron chi connectivity index (χ0n) is 8.60. The van der Waals surface area contributed by atoms with Crippen LogP contribution >= 0.6 is 0 Å². The summed E-state index contributed by atoms with van der Waals surface area (Å²) in [6.45, 7) is 0. The van der Waals surface area contributed by atoms with Crippen LogP contribution < -0.4 is 14.8 Å². The molecule has 0 saturated carbocycles. The quantitative estimate of drug-likeness (QED) is 0.794. The SMILES string of the molecule is COC(=O)Nc1cc(OC)nc(OC)n1. The Bertz CT molecular complexity index is 333. The van der Waals surface area contributed by atoms with Gasteiger partial charge in [0, 0.05) is 6.07 Å². The molecule has 1 rings (SSSR count). The number of aromatic nitrogens is 2. The summed E-state index contributed by atoms with van der Waals surface area (Å²) in [5, 5.41) is 2.37. The lowest BCUT2D eigenvalue weighted by atomic mass is 10.5. The number of ether oxygens (including phenoxy) is 3. The molecule has 82 valence electrons. The normalized spacial score (nSPS) is 9.27. The van der Waals surface area contributed by atoms with Crippen LogP contribution in [0.25, 0.3) is 0 Å². The van der Waals surface area contributed by atoms with Gasteiger partial charge < -0.3 is 14.2 Å². The molecule has 0 saturated heterocycles. The molecule has 15 heavy (non-hydrogen) atoms. The minimum absolute atomic E-state index is 0.0979. The van der Waals surface area contributed by atoms with E-state index in [-0.39, 0.29) is 17.7 Å². The van der Waals surface area contributed by atoms with Gasteiger partial charge in [-0.05, 0) is 0 Å². The first-order valence-electron chi connectivity index (χ1n) is 4.01. The van der Waals surface area contributed by atoms with Crippen LogP contribution in [0.5, 0.6) is 11.9 Å². The number of nitrogens with zero attached hydrogens (tertiary/aromatic N) is 2. The van der Waals surface area contributed by atoms with Crippen LogP contribution in [0.15, 0.2) is 6.07 Å². The van der Waals surface area contributed by atoms with Crippen LogP contribution in [0.1, 0.15) is 0 Å². The maximum absolute atomic E-state index is 10.9. The van der Waals surface area contributed by atoms with E-state index >= 15 is 0 Å². The van der Waals surface area contributed by atoms with Crippen LogP contribution in [0.2, 0.25) is 0 Å². The van der Waals surface area contributed by atoms with Crippen molar-refractivity contribution in [1.29, 1.82) is 0 Å². The Kier molecular flexibility index (Phi) is 3.67. The van der Waals surface area contributed by atoms with Gasteiger partial charge in [-0.25, -0.2) is 4.79 Å². The third-order valence-corrected chi connectivity index (χ3v) is 1.49. The summed E-state index contributed by atoms with van der Waals surface area (Å²) >= 11 is 0. The number of anilines is 1. The fourth-order valence-electron chi connectivity index (χ4n) is 0.819. The molecule has 0 radical (unpaired) electrons. The van der Waals surface area contributed by atoms with Gasteiger partial charge in [0.15, 0.2) is 0 Å². The van der Waals surface area contributed by atoms with Crippen molar-refractivity contribution in [3.63, 3.8) is 0 Å². The van der Waals surface area contributed by atoms with Gasteiger partial charge in [-0.3, -0.25) is 5.32 Å². The maximum Gasteiger partial charge on any atom is 0.412 e. The second-order valence-corrected chi connectivity index (χ2v) is 2.40. The Morgan fingerprint density at radius 3 is 2.53 bits per heavy atom. The molecular weight excluding hydrogens is 202 g/mol. The fraction of sp³-hybridized carbons (Fsp3) is 0.375. The third-order valence-electron chi connectivity index (χ3n) is 1.49. The van der Waals surface area contributed by atoms with Gasteiger partial charge >= 0.3 is 12.1 Å². The molecule has 0 unspecified atom stereocenters. The van der Waals surface area contributed by atoms with E-state index in [0.29, 0.717) is 0 Å². The number of methoxy groups -OCH3 is 3. The molecule has 0 fully saturated rings. The topological polar surface area (TPSA) is 82.6 Å². The average Bonchev–Trinajstić information content (AvgIpc) is 2.28. The van der Waals surface area contributed by atoms with Crippen molar-refractivity contribution in [2.45, 2.75) is 0 Å². The molecule has 0 atom stereocenters. The molecule has 7 nitrogen and oxygen atoms in total. The molecule has 0 aliphatic carbocycles. The molecule has 1 N–H and O–H groups in total. The van der Waals surface area contributed by atoms with Gasteiger partial charge in [-0.1, -0.05) is 0 Å².